The van der Waals surface area contributed by atoms with Crippen LogP contribution in [0.4, 0.5) is 4.79 Å². The van der Waals surface area contributed by atoms with Crippen molar-refractivity contribution in [3.8, 4) is 0 Å². The summed E-state index contributed by atoms with van der Waals surface area (Å²) in [4.78, 5) is 24.7. The number of carbonyl (C=O) groups is 2. The van der Waals surface area contributed by atoms with E-state index in [1.54, 1.807) is 0 Å². The van der Waals surface area contributed by atoms with Gasteiger partial charge in [0.2, 0.25) is 0 Å². The average molecular weight is 375 g/mol. The Bertz CT molecular complexity index is 451. The molecule has 1 aliphatic rings. The molecule has 19 heavy (non-hydrogen) atoms. The number of hydrogen-bond donors (Lipinski definition) is 0. The summed E-state index contributed by atoms with van der Waals surface area (Å²) in [5, 5.41) is 0. The van der Waals surface area contributed by atoms with Crippen LogP contribution in [0.25, 0.3) is 0 Å². The second-order valence-corrected chi connectivity index (χ2v) is 5.17. The normalized spacial score (nSPS) is 18.3. The first-order chi connectivity index (χ1) is 9.22. The van der Waals surface area contributed by atoms with E-state index in [-0.39, 0.29) is 19.3 Å². The summed E-state index contributed by atoms with van der Waals surface area (Å²) in [7, 11) is 0. The summed E-state index contributed by atoms with van der Waals surface area (Å²) >= 11 is 2.16. The number of alkyl halides is 1. The highest BCUT2D eigenvalue weighted by Crippen LogP contribution is 2.17. The van der Waals surface area contributed by atoms with E-state index in [0.717, 1.165) is 9.99 Å². The molecule has 5 nitrogen and oxygen atoms in total. The van der Waals surface area contributed by atoms with Gasteiger partial charge < -0.3 is 9.47 Å². The van der Waals surface area contributed by atoms with Crippen molar-refractivity contribution in [3.05, 3.63) is 35.9 Å². The fourth-order valence-electron chi connectivity index (χ4n) is 1.81. The predicted molar refractivity (Wildman–Crippen MR) is 76.7 cm³/mol. The number of nitrogens with zero attached hydrogens (tertiary/aromatic N) is 1. The van der Waals surface area contributed by atoms with Crippen LogP contribution in [-0.4, -0.2) is 34.2 Å². The summed E-state index contributed by atoms with van der Waals surface area (Å²) in [5.74, 6) is -0.353. The van der Waals surface area contributed by atoms with E-state index in [4.69, 9.17) is 9.47 Å². The molecule has 6 heteroatoms. The zero-order valence-electron chi connectivity index (χ0n) is 10.3. The van der Waals surface area contributed by atoms with Gasteiger partial charge in [-0.2, -0.15) is 0 Å². The molecule has 1 fully saturated rings. The Labute approximate surface area is 125 Å². The van der Waals surface area contributed by atoms with E-state index in [1.807, 2.05) is 30.3 Å². The van der Waals surface area contributed by atoms with Crippen LogP contribution >= 0.6 is 22.6 Å². The van der Waals surface area contributed by atoms with E-state index in [2.05, 4.69) is 22.6 Å². The Kier molecular flexibility index (Phi) is 5.00. The van der Waals surface area contributed by atoms with Gasteiger partial charge in [-0.3, -0.25) is 4.90 Å². The minimum atomic E-state index is -0.514. The van der Waals surface area contributed by atoms with Gasteiger partial charge in [-0.05, 0) is 12.0 Å². The van der Waals surface area contributed by atoms with Crippen LogP contribution in [0.15, 0.2) is 30.3 Å². The van der Waals surface area contributed by atoms with Crippen LogP contribution in [0.1, 0.15) is 12.0 Å². The van der Waals surface area contributed by atoms with E-state index < -0.39 is 12.1 Å². The quantitative estimate of drug-likeness (QED) is 0.461. The van der Waals surface area contributed by atoms with Gasteiger partial charge in [0.15, 0.2) is 6.73 Å². The first kappa shape index (κ1) is 14.1. The zero-order valence-corrected chi connectivity index (χ0v) is 12.4. The monoisotopic (exact) mass is 375 g/mol. The van der Waals surface area contributed by atoms with Gasteiger partial charge in [0.25, 0.3) is 0 Å². The molecule has 1 unspecified atom stereocenters. The molecular weight excluding hydrogens is 361 g/mol. The standard InChI is InChI=1S/C13H14INO4/c14-7-6-11-12(16)19-9-15(11)13(17)18-8-10-4-2-1-3-5-10/h1-5,11H,6-9H2. The van der Waals surface area contributed by atoms with Gasteiger partial charge in [0.1, 0.15) is 12.6 Å². The lowest BCUT2D eigenvalue weighted by atomic mass is 10.2. The van der Waals surface area contributed by atoms with E-state index in [0.29, 0.717) is 6.42 Å². The van der Waals surface area contributed by atoms with Gasteiger partial charge in [0.05, 0.1) is 0 Å². The second-order valence-electron chi connectivity index (χ2n) is 4.10. The molecule has 0 aliphatic carbocycles. The van der Waals surface area contributed by atoms with Crippen molar-refractivity contribution in [1.29, 1.82) is 0 Å². The molecule has 1 amide bonds. The molecule has 1 saturated heterocycles. The number of hydrogen-bond acceptors (Lipinski definition) is 4. The summed E-state index contributed by atoms with van der Waals surface area (Å²) < 4.78 is 10.9. The molecule has 1 aliphatic heterocycles. The Balaban J connectivity index is 1.91. The summed E-state index contributed by atoms with van der Waals surface area (Å²) in [5.41, 5.74) is 0.910. The Morgan fingerprint density at radius 2 is 2.16 bits per heavy atom. The maximum atomic E-state index is 11.9. The van der Waals surface area contributed by atoms with Crippen molar-refractivity contribution in [3.63, 3.8) is 0 Å². The largest absolute Gasteiger partial charge is 0.444 e. The van der Waals surface area contributed by atoms with Gasteiger partial charge in [-0.15, -0.1) is 0 Å². The Morgan fingerprint density at radius 3 is 2.84 bits per heavy atom. The van der Waals surface area contributed by atoms with Crippen LogP contribution in [0, 0.1) is 0 Å². The molecule has 1 aromatic rings. The number of esters is 1. The molecule has 0 aromatic heterocycles. The van der Waals surface area contributed by atoms with Crippen LogP contribution in [-0.2, 0) is 20.9 Å². The fraction of sp³-hybridized carbons (Fsp3) is 0.385. The van der Waals surface area contributed by atoms with E-state index in [1.165, 1.54) is 4.90 Å². The molecule has 102 valence electrons. The number of ether oxygens (including phenoxy) is 2. The van der Waals surface area contributed by atoms with E-state index in [9.17, 15) is 9.59 Å². The van der Waals surface area contributed by atoms with Crippen LogP contribution < -0.4 is 0 Å². The third-order valence-corrected chi connectivity index (χ3v) is 3.44. The van der Waals surface area contributed by atoms with Gasteiger partial charge in [-0.1, -0.05) is 52.9 Å². The fourth-order valence-corrected chi connectivity index (χ4v) is 2.40. The second kappa shape index (κ2) is 6.74. The predicted octanol–water partition coefficient (Wildman–Crippen LogP) is 2.33. The highest BCUT2D eigenvalue weighted by atomic mass is 127. The highest BCUT2D eigenvalue weighted by Gasteiger charge is 2.38. The van der Waals surface area contributed by atoms with Crippen LogP contribution in [0.5, 0.6) is 0 Å². The average Bonchev–Trinajstić information content (AvgIpc) is 2.80. The van der Waals surface area contributed by atoms with Crippen molar-refractivity contribution in [2.75, 3.05) is 11.2 Å². The van der Waals surface area contributed by atoms with Gasteiger partial charge >= 0.3 is 12.1 Å². The summed E-state index contributed by atoms with van der Waals surface area (Å²) in [6.07, 6.45) is 0.0735. The van der Waals surface area contributed by atoms with Gasteiger partial charge in [-0.25, -0.2) is 9.59 Å². The van der Waals surface area contributed by atoms with Crippen molar-refractivity contribution in [2.24, 2.45) is 0 Å². The van der Waals surface area contributed by atoms with Crippen molar-refractivity contribution >= 4 is 34.7 Å². The van der Waals surface area contributed by atoms with Crippen molar-refractivity contribution in [2.45, 2.75) is 19.1 Å². The molecule has 0 bridgehead atoms. The third kappa shape index (κ3) is 3.59. The molecule has 1 atom stereocenters. The molecular formula is C13H14INO4. The minimum absolute atomic E-state index is 0.0201. The number of halogens is 1. The Hall–Kier alpha value is -1.31. The number of rotatable bonds is 4. The lowest BCUT2D eigenvalue weighted by Crippen LogP contribution is -2.38. The lowest BCUT2D eigenvalue weighted by molar-refractivity contribution is -0.139. The smallest absolute Gasteiger partial charge is 0.413 e. The summed E-state index contributed by atoms with van der Waals surface area (Å²) in [6.45, 7) is 0.176. The van der Waals surface area contributed by atoms with Crippen molar-refractivity contribution in [1.82, 2.24) is 4.90 Å². The number of benzene rings is 1. The molecule has 0 N–H and O–H groups in total. The summed E-state index contributed by atoms with van der Waals surface area (Å²) in [6, 6.07) is 8.90. The number of carbonyl (C=O) groups excluding carboxylic acids is 2. The van der Waals surface area contributed by atoms with E-state index >= 15 is 0 Å². The molecule has 1 aromatic carbocycles. The maximum Gasteiger partial charge on any atom is 0.413 e. The topological polar surface area (TPSA) is 55.8 Å². The number of cyclic esters (lactones) is 1. The SMILES string of the molecule is O=C1OCN(C(=O)OCc2ccccc2)C1CCI. The van der Waals surface area contributed by atoms with Gasteiger partial charge in [0, 0.05) is 4.43 Å². The number of amides is 1. The molecule has 0 spiro atoms. The van der Waals surface area contributed by atoms with Crippen LogP contribution in [0.2, 0.25) is 0 Å². The maximum absolute atomic E-state index is 11.9. The van der Waals surface area contributed by atoms with Crippen molar-refractivity contribution < 1.29 is 19.1 Å². The molecule has 2 rings (SSSR count). The first-order valence-corrected chi connectivity index (χ1v) is 7.45. The minimum Gasteiger partial charge on any atom is -0.444 e. The van der Waals surface area contributed by atoms with Crippen LogP contribution in [0.3, 0.4) is 0 Å². The molecule has 1 heterocycles. The Morgan fingerprint density at radius 1 is 1.42 bits per heavy atom. The highest BCUT2D eigenvalue weighted by molar-refractivity contribution is 14.1. The molecule has 0 saturated carbocycles. The third-order valence-electron chi connectivity index (χ3n) is 2.82. The first-order valence-electron chi connectivity index (χ1n) is 5.92. The molecule has 0 radical (unpaired) electrons. The lowest BCUT2D eigenvalue weighted by Gasteiger charge is -2.18. The zero-order chi connectivity index (χ0) is 13.7.